The number of carboxylic acid groups (broad SMARTS) is 1. The molecule has 0 aliphatic carbocycles. The summed E-state index contributed by atoms with van der Waals surface area (Å²) in [6.07, 6.45) is 1.66. The Morgan fingerprint density at radius 3 is 2.82 bits per heavy atom. The first-order valence-electron chi connectivity index (χ1n) is 4.83. The average molecular weight is 247 g/mol. The predicted molar refractivity (Wildman–Crippen MR) is 62.1 cm³/mol. The van der Waals surface area contributed by atoms with Gasteiger partial charge in [-0.15, -0.1) is 0 Å². The van der Waals surface area contributed by atoms with E-state index in [0.717, 1.165) is 5.69 Å². The number of hydrogen-bond donors (Lipinski definition) is 1. The van der Waals surface area contributed by atoms with Gasteiger partial charge in [0.25, 0.3) is 0 Å². The quantitative estimate of drug-likeness (QED) is 0.836. The highest BCUT2D eigenvalue weighted by atomic mass is 32.2. The predicted octanol–water partition coefficient (Wildman–Crippen LogP) is 2.03. The molecule has 0 atom stereocenters. The maximum atomic E-state index is 10.8. The van der Waals surface area contributed by atoms with Crippen LogP contribution in [0.5, 0.6) is 0 Å². The lowest BCUT2D eigenvalue weighted by Gasteiger charge is -2.01. The number of carboxylic acids is 1. The van der Waals surface area contributed by atoms with Gasteiger partial charge in [0.05, 0.1) is 0 Å². The molecule has 86 valence electrons. The third kappa shape index (κ3) is 3.01. The first-order valence-corrected chi connectivity index (χ1v) is 5.64. The highest BCUT2D eigenvalue weighted by molar-refractivity contribution is 7.99. The molecule has 0 saturated carbocycles. The molecule has 2 heterocycles. The first kappa shape index (κ1) is 11.5. The van der Waals surface area contributed by atoms with Crippen molar-refractivity contribution in [3.63, 3.8) is 0 Å². The number of hydrogen-bond acceptors (Lipinski definition) is 5. The van der Waals surface area contributed by atoms with E-state index in [9.17, 15) is 4.79 Å². The van der Waals surface area contributed by atoms with Crippen LogP contribution in [0.2, 0.25) is 0 Å². The summed E-state index contributed by atoms with van der Waals surface area (Å²) in [6, 6.07) is 6.62. The third-order valence-electron chi connectivity index (χ3n) is 1.91. The SMILES string of the molecule is Cc1ccnc(Sc2cccc(C(=O)O)n2)n1. The van der Waals surface area contributed by atoms with Crippen LogP contribution in [0.1, 0.15) is 16.2 Å². The zero-order chi connectivity index (χ0) is 12.3. The molecule has 0 radical (unpaired) electrons. The second kappa shape index (κ2) is 4.92. The van der Waals surface area contributed by atoms with E-state index in [1.165, 1.54) is 17.8 Å². The fourth-order valence-electron chi connectivity index (χ4n) is 1.16. The van der Waals surface area contributed by atoms with E-state index in [2.05, 4.69) is 15.0 Å². The van der Waals surface area contributed by atoms with E-state index in [4.69, 9.17) is 5.11 Å². The molecule has 17 heavy (non-hydrogen) atoms. The molecule has 5 nitrogen and oxygen atoms in total. The Kier molecular flexibility index (Phi) is 3.34. The lowest BCUT2D eigenvalue weighted by molar-refractivity contribution is 0.0689. The highest BCUT2D eigenvalue weighted by Gasteiger charge is 2.07. The van der Waals surface area contributed by atoms with Crippen molar-refractivity contribution < 1.29 is 9.90 Å². The van der Waals surface area contributed by atoms with Crippen molar-refractivity contribution in [2.45, 2.75) is 17.1 Å². The third-order valence-corrected chi connectivity index (χ3v) is 2.73. The lowest BCUT2D eigenvalue weighted by Crippen LogP contribution is -2.00. The van der Waals surface area contributed by atoms with Crippen molar-refractivity contribution in [1.29, 1.82) is 0 Å². The Bertz CT molecular complexity index is 560. The molecule has 0 aliphatic heterocycles. The minimum Gasteiger partial charge on any atom is -0.477 e. The Balaban J connectivity index is 2.24. The van der Waals surface area contributed by atoms with Gasteiger partial charge < -0.3 is 5.11 Å². The lowest BCUT2D eigenvalue weighted by atomic mass is 10.4. The number of nitrogens with zero attached hydrogens (tertiary/aromatic N) is 3. The normalized spacial score (nSPS) is 10.2. The second-order valence-electron chi connectivity index (χ2n) is 3.25. The Labute approximate surface area is 102 Å². The van der Waals surface area contributed by atoms with Crippen molar-refractivity contribution >= 4 is 17.7 Å². The summed E-state index contributed by atoms with van der Waals surface area (Å²) < 4.78 is 0. The zero-order valence-corrected chi connectivity index (χ0v) is 9.81. The molecule has 2 rings (SSSR count). The summed E-state index contributed by atoms with van der Waals surface area (Å²) in [5.41, 5.74) is 0.875. The van der Waals surface area contributed by atoms with Crippen LogP contribution in [0.3, 0.4) is 0 Å². The second-order valence-corrected chi connectivity index (χ2v) is 4.24. The molecular weight excluding hydrogens is 238 g/mol. The summed E-state index contributed by atoms with van der Waals surface area (Å²) in [5.74, 6) is -1.04. The van der Waals surface area contributed by atoms with Crippen molar-refractivity contribution in [2.75, 3.05) is 0 Å². The van der Waals surface area contributed by atoms with Gasteiger partial charge in [0.2, 0.25) is 0 Å². The van der Waals surface area contributed by atoms with Crippen LogP contribution in [0.15, 0.2) is 40.6 Å². The van der Waals surface area contributed by atoms with E-state index >= 15 is 0 Å². The maximum absolute atomic E-state index is 10.8. The molecule has 0 aromatic carbocycles. The Hall–Kier alpha value is -1.95. The molecule has 1 N–H and O–H groups in total. The summed E-state index contributed by atoms with van der Waals surface area (Å²) in [7, 11) is 0. The molecule has 2 aromatic heterocycles. The van der Waals surface area contributed by atoms with E-state index in [1.807, 2.05) is 6.92 Å². The molecule has 0 saturated heterocycles. The van der Waals surface area contributed by atoms with Gasteiger partial charge in [0.15, 0.2) is 5.16 Å². The van der Waals surface area contributed by atoms with Gasteiger partial charge in [0.1, 0.15) is 10.7 Å². The molecule has 0 unspecified atom stereocenters. The molecule has 0 spiro atoms. The van der Waals surface area contributed by atoms with Crippen LogP contribution < -0.4 is 0 Å². The minimum atomic E-state index is -1.04. The number of rotatable bonds is 3. The summed E-state index contributed by atoms with van der Waals surface area (Å²) in [6.45, 7) is 1.87. The molecule has 6 heteroatoms. The summed E-state index contributed by atoms with van der Waals surface area (Å²) >= 11 is 1.24. The standard InChI is InChI=1S/C11H9N3O2S/c1-7-5-6-12-11(13-7)17-9-4-2-3-8(14-9)10(15)16/h2-6H,1H3,(H,15,16). The molecule has 0 bridgehead atoms. The van der Waals surface area contributed by atoms with Crippen LogP contribution in [-0.2, 0) is 0 Å². The van der Waals surface area contributed by atoms with Gasteiger partial charge in [0, 0.05) is 11.9 Å². The van der Waals surface area contributed by atoms with Crippen LogP contribution in [0.4, 0.5) is 0 Å². The largest absolute Gasteiger partial charge is 0.477 e. The van der Waals surface area contributed by atoms with Gasteiger partial charge in [-0.2, -0.15) is 0 Å². The van der Waals surface area contributed by atoms with E-state index in [0.29, 0.717) is 10.2 Å². The maximum Gasteiger partial charge on any atom is 0.354 e. The number of aryl methyl sites for hydroxylation is 1. The van der Waals surface area contributed by atoms with Crippen molar-refractivity contribution in [1.82, 2.24) is 15.0 Å². The van der Waals surface area contributed by atoms with Gasteiger partial charge in [-0.05, 0) is 36.9 Å². The van der Waals surface area contributed by atoms with Crippen LogP contribution in [-0.4, -0.2) is 26.0 Å². The van der Waals surface area contributed by atoms with Crippen molar-refractivity contribution in [3.8, 4) is 0 Å². The molecular formula is C11H9N3O2S. The zero-order valence-electron chi connectivity index (χ0n) is 8.99. The van der Waals surface area contributed by atoms with Crippen LogP contribution in [0, 0.1) is 6.92 Å². The number of aromatic carboxylic acids is 1. The first-order chi connectivity index (χ1) is 8.15. The number of pyridine rings is 1. The number of carbonyl (C=O) groups is 1. The fraction of sp³-hybridized carbons (Fsp3) is 0.0909. The van der Waals surface area contributed by atoms with E-state index in [1.54, 1.807) is 24.4 Å². The van der Waals surface area contributed by atoms with E-state index in [-0.39, 0.29) is 5.69 Å². The topological polar surface area (TPSA) is 76.0 Å². The average Bonchev–Trinajstić information content (AvgIpc) is 2.29. The van der Waals surface area contributed by atoms with Gasteiger partial charge >= 0.3 is 5.97 Å². The van der Waals surface area contributed by atoms with Gasteiger partial charge in [-0.25, -0.2) is 19.7 Å². The Morgan fingerprint density at radius 1 is 1.29 bits per heavy atom. The monoisotopic (exact) mass is 247 g/mol. The van der Waals surface area contributed by atoms with Gasteiger partial charge in [-0.1, -0.05) is 6.07 Å². The van der Waals surface area contributed by atoms with Crippen LogP contribution in [0.25, 0.3) is 0 Å². The molecule has 0 fully saturated rings. The summed E-state index contributed by atoms with van der Waals surface area (Å²) in [5, 5.41) is 9.94. The smallest absolute Gasteiger partial charge is 0.354 e. The van der Waals surface area contributed by atoms with Crippen molar-refractivity contribution in [3.05, 3.63) is 41.9 Å². The van der Waals surface area contributed by atoms with E-state index < -0.39 is 5.97 Å². The minimum absolute atomic E-state index is 0.0163. The molecule has 2 aromatic rings. The molecule has 0 aliphatic rings. The Morgan fingerprint density at radius 2 is 2.12 bits per heavy atom. The molecule has 0 amide bonds. The fourth-order valence-corrected chi connectivity index (χ4v) is 1.94. The van der Waals surface area contributed by atoms with Crippen LogP contribution >= 0.6 is 11.8 Å². The summed E-state index contributed by atoms with van der Waals surface area (Å²) in [4.78, 5) is 23.0. The van der Waals surface area contributed by atoms with Crippen molar-refractivity contribution in [2.24, 2.45) is 0 Å². The van der Waals surface area contributed by atoms with Gasteiger partial charge in [-0.3, -0.25) is 0 Å². The highest BCUT2D eigenvalue weighted by Crippen LogP contribution is 2.22. The number of aromatic nitrogens is 3.